The number of pyridine rings is 1. The fraction of sp³-hybridized carbons (Fsp3) is 0.361. The van der Waals surface area contributed by atoms with Gasteiger partial charge in [-0.3, -0.25) is 0 Å². The number of benzene rings is 3. The summed E-state index contributed by atoms with van der Waals surface area (Å²) in [4.78, 5) is 0. The SMILES string of the molecule is Cc1ccc2c(oc3c(-c4cc5c(c(C6CCCCC6)c4)CC(C)(C)C5)c(F)ccc32)c1-c1cccc[n+]1C. The number of halogens is 1. The Kier molecular flexibility index (Phi) is 5.70. The van der Waals surface area contributed by atoms with Crippen molar-refractivity contribution in [1.82, 2.24) is 0 Å². The Morgan fingerprint density at radius 3 is 2.38 bits per heavy atom. The van der Waals surface area contributed by atoms with Crippen LogP contribution in [0.3, 0.4) is 0 Å². The van der Waals surface area contributed by atoms with Crippen molar-refractivity contribution in [3.05, 3.63) is 88.9 Å². The van der Waals surface area contributed by atoms with Crippen molar-refractivity contribution in [2.24, 2.45) is 12.5 Å². The Morgan fingerprint density at radius 1 is 0.872 bits per heavy atom. The normalized spacial score (nSPS) is 17.3. The van der Waals surface area contributed by atoms with Crippen LogP contribution in [0, 0.1) is 18.2 Å². The van der Waals surface area contributed by atoms with E-state index in [-0.39, 0.29) is 11.2 Å². The second-order valence-electron chi connectivity index (χ2n) is 12.8. The fourth-order valence-corrected chi connectivity index (χ4v) is 7.46. The summed E-state index contributed by atoms with van der Waals surface area (Å²) >= 11 is 0. The first kappa shape index (κ1) is 24.6. The van der Waals surface area contributed by atoms with E-state index < -0.39 is 0 Å². The van der Waals surface area contributed by atoms with E-state index in [0.717, 1.165) is 51.6 Å². The molecule has 1 saturated carbocycles. The molecule has 198 valence electrons. The first-order valence-electron chi connectivity index (χ1n) is 14.6. The number of furan rings is 1. The molecule has 0 saturated heterocycles. The molecule has 2 aliphatic rings. The van der Waals surface area contributed by atoms with Crippen LogP contribution in [0.15, 0.2) is 65.2 Å². The number of nitrogens with zero attached hydrogens (tertiary/aromatic N) is 1. The van der Waals surface area contributed by atoms with Crippen LogP contribution in [0.2, 0.25) is 0 Å². The van der Waals surface area contributed by atoms with Crippen molar-refractivity contribution in [2.45, 2.75) is 71.6 Å². The highest BCUT2D eigenvalue weighted by Gasteiger charge is 2.33. The first-order valence-corrected chi connectivity index (χ1v) is 14.6. The minimum absolute atomic E-state index is 0.211. The highest BCUT2D eigenvalue weighted by molar-refractivity contribution is 6.13. The van der Waals surface area contributed by atoms with Crippen molar-refractivity contribution in [3.8, 4) is 22.4 Å². The van der Waals surface area contributed by atoms with E-state index in [9.17, 15) is 0 Å². The maximum Gasteiger partial charge on any atom is 0.216 e. The molecule has 0 radical (unpaired) electrons. The zero-order valence-electron chi connectivity index (χ0n) is 23.5. The molecule has 0 unspecified atom stereocenters. The van der Waals surface area contributed by atoms with Crippen molar-refractivity contribution in [3.63, 3.8) is 0 Å². The fourth-order valence-electron chi connectivity index (χ4n) is 7.46. The molecule has 0 N–H and O–H groups in total. The molecule has 1 fully saturated rings. The minimum atomic E-state index is -0.211. The predicted molar refractivity (Wildman–Crippen MR) is 157 cm³/mol. The van der Waals surface area contributed by atoms with E-state index >= 15 is 4.39 Å². The van der Waals surface area contributed by atoms with Crippen molar-refractivity contribution < 1.29 is 13.4 Å². The van der Waals surface area contributed by atoms with E-state index in [2.05, 4.69) is 75.0 Å². The highest BCUT2D eigenvalue weighted by Crippen LogP contribution is 2.47. The molecule has 0 amide bonds. The van der Waals surface area contributed by atoms with Crippen molar-refractivity contribution in [2.75, 3.05) is 0 Å². The number of fused-ring (bicyclic) bond motifs is 4. The lowest BCUT2D eigenvalue weighted by molar-refractivity contribution is -0.660. The number of hydrogen-bond donors (Lipinski definition) is 0. The lowest BCUT2D eigenvalue weighted by atomic mass is 9.79. The standard InChI is InChI=1S/C36H37FNO/c1-22-13-14-26-27-15-16-30(37)33(35(27)39-34(26)32(22)31-12-8-9-17-38(31)4)24-18-25-20-36(2,3)21-29(25)28(19-24)23-10-6-5-7-11-23/h8-9,12-19,23H,5-7,10-11,20-21H2,1-4H3/q+1. The Labute approximate surface area is 230 Å². The molecule has 2 heterocycles. The zero-order valence-corrected chi connectivity index (χ0v) is 23.5. The van der Waals surface area contributed by atoms with Gasteiger partial charge in [0.05, 0.1) is 11.1 Å². The van der Waals surface area contributed by atoms with Crippen molar-refractivity contribution >= 4 is 21.9 Å². The Morgan fingerprint density at radius 2 is 1.62 bits per heavy atom. The first-order chi connectivity index (χ1) is 18.8. The Balaban J connectivity index is 1.49. The minimum Gasteiger partial charge on any atom is -0.454 e. The van der Waals surface area contributed by atoms with Crippen LogP contribution in [0.25, 0.3) is 44.3 Å². The molecule has 7 rings (SSSR count). The molecule has 0 aliphatic heterocycles. The lowest BCUT2D eigenvalue weighted by Crippen LogP contribution is -2.30. The van der Waals surface area contributed by atoms with Gasteiger partial charge < -0.3 is 4.42 Å². The summed E-state index contributed by atoms with van der Waals surface area (Å²) in [6.07, 6.45) is 10.6. The van der Waals surface area contributed by atoms with E-state index in [1.807, 2.05) is 12.1 Å². The van der Waals surface area contributed by atoms with Crippen LogP contribution in [0.4, 0.5) is 4.39 Å². The molecule has 39 heavy (non-hydrogen) atoms. The van der Waals surface area contributed by atoms with Gasteiger partial charge in [0.15, 0.2) is 6.20 Å². The molecule has 2 aromatic heterocycles. The smallest absolute Gasteiger partial charge is 0.216 e. The van der Waals surface area contributed by atoms with Gasteiger partial charge in [0, 0.05) is 22.9 Å². The van der Waals surface area contributed by atoms with Crippen LogP contribution in [-0.2, 0) is 19.9 Å². The van der Waals surface area contributed by atoms with E-state index in [1.165, 1.54) is 48.8 Å². The predicted octanol–water partition coefficient (Wildman–Crippen LogP) is 9.36. The van der Waals surface area contributed by atoms with Gasteiger partial charge in [-0.2, -0.15) is 0 Å². The van der Waals surface area contributed by atoms with Gasteiger partial charge in [0.25, 0.3) is 0 Å². The topological polar surface area (TPSA) is 17.0 Å². The van der Waals surface area contributed by atoms with Gasteiger partial charge in [-0.05, 0) is 90.0 Å². The summed E-state index contributed by atoms with van der Waals surface area (Å²) in [5, 5.41) is 2.01. The maximum absolute atomic E-state index is 15.9. The maximum atomic E-state index is 15.9. The van der Waals surface area contributed by atoms with E-state index in [0.29, 0.717) is 17.1 Å². The second kappa shape index (κ2) is 9.05. The van der Waals surface area contributed by atoms with E-state index in [4.69, 9.17) is 4.42 Å². The summed E-state index contributed by atoms with van der Waals surface area (Å²) in [6.45, 7) is 6.85. The average Bonchev–Trinajstić information content (AvgIpc) is 3.44. The number of rotatable bonds is 3. The van der Waals surface area contributed by atoms with Crippen LogP contribution in [0.5, 0.6) is 0 Å². The summed E-state index contributed by atoms with van der Waals surface area (Å²) in [7, 11) is 2.06. The number of aryl methyl sites for hydroxylation is 2. The van der Waals surface area contributed by atoms with Gasteiger partial charge >= 0.3 is 0 Å². The molecule has 2 nitrogen and oxygen atoms in total. The zero-order chi connectivity index (χ0) is 26.9. The summed E-state index contributed by atoms with van der Waals surface area (Å²) in [6, 6.07) is 18.6. The van der Waals surface area contributed by atoms with Gasteiger partial charge in [-0.15, -0.1) is 0 Å². The third-order valence-electron chi connectivity index (χ3n) is 9.31. The molecule has 0 bridgehead atoms. The highest BCUT2D eigenvalue weighted by atomic mass is 19.1. The summed E-state index contributed by atoms with van der Waals surface area (Å²) < 4.78 is 24.8. The lowest BCUT2D eigenvalue weighted by Gasteiger charge is -2.25. The molecule has 3 heteroatoms. The third-order valence-corrected chi connectivity index (χ3v) is 9.31. The third kappa shape index (κ3) is 4.01. The molecule has 2 aliphatic carbocycles. The molecule has 5 aromatic rings. The monoisotopic (exact) mass is 518 g/mol. The molecule has 0 atom stereocenters. The molecular formula is C36H37FNO+. The van der Waals surface area contributed by atoms with Gasteiger partial charge in [-0.25, -0.2) is 8.96 Å². The van der Waals surface area contributed by atoms with E-state index in [1.54, 1.807) is 6.07 Å². The summed E-state index contributed by atoms with van der Waals surface area (Å²) in [5.41, 5.74) is 11.0. The Bertz CT molecular complexity index is 1750. The number of aromatic nitrogens is 1. The molecule has 3 aromatic carbocycles. The van der Waals surface area contributed by atoms with Gasteiger partial charge in [-0.1, -0.05) is 57.4 Å². The van der Waals surface area contributed by atoms with Crippen LogP contribution >= 0.6 is 0 Å². The van der Waals surface area contributed by atoms with Crippen LogP contribution in [0.1, 0.15) is 74.1 Å². The number of hydrogen-bond acceptors (Lipinski definition) is 1. The van der Waals surface area contributed by atoms with Gasteiger partial charge in [0.2, 0.25) is 5.69 Å². The average molecular weight is 519 g/mol. The van der Waals surface area contributed by atoms with Crippen LogP contribution in [-0.4, -0.2) is 0 Å². The van der Waals surface area contributed by atoms with Crippen LogP contribution < -0.4 is 4.57 Å². The van der Waals surface area contributed by atoms with Gasteiger partial charge in [0.1, 0.15) is 24.0 Å². The second-order valence-corrected chi connectivity index (χ2v) is 12.8. The Hall–Kier alpha value is -3.46. The molecule has 0 spiro atoms. The van der Waals surface area contributed by atoms with Crippen molar-refractivity contribution in [1.29, 1.82) is 0 Å². The summed E-state index contributed by atoms with van der Waals surface area (Å²) in [5.74, 6) is 0.364. The largest absolute Gasteiger partial charge is 0.454 e. The molecular weight excluding hydrogens is 481 g/mol. The quantitative estimate of drug-likeness (QED) is 0.217.